The van der Waals surface area contributed by atoms with Crippen LogP contribution in [0.2, 0.25) is 0 Å². The van der Waals surface area contributed by atoms with Gasteiger partial charge in [0.15, 0.2) is 0 Å². The summed E-state index contributed by atoms with van der Waals surface area (Å²) < 4.78 is 0. The van der Waals surface area contributed by atoms with Crippen molar-refractivity contribution in [2.24, 2.45) is 0 Å². The van der Waals surface area contributed by atoms with Crippen LogP contribution in [0.15, 0.2) is 53.5 Å². The molecule has 0 spiro atoms. The van der Waals surface area contributed by atoms with E-state index in [4.69, 9.17) is 0 Å². The zero-order valence-electron chi connectivity index (χ0n) is 12.2. The van der Waals surface area contributed by atoms with Crippen LogP contribution in [-0.2, 0) is 6.42 Å². The first kappa shape index (κ1) is 13.8. The molecule has 0 saturated heterocycles. The van der Waals surface area contributed by atoms with Gasteiger partial charge in [0.05, 0.1) is 0 Å². The first-order valence-corrected chi connectivity index (χ1v) is 8.14. The average Bonchev–Trinajstić information content (AvgIpc) is 3.16. The Hall–Kier alpha value is -2.79. The topological polar surface area (TPSA) is 69.1 Å². The number of fused-ring (bicyclic) bond motifs is 1. The Morgan fingerprint density at radius 2 is 1.87 bits per heavy atom. The number of pyridine rings is 1. The highest BCUT2D eigenvalue weighted by molar-refractivity contribution is 7.08. The highest BCUT2D eigenvalue weighted by atomic mass is 32.1. The van der Waals surface area contributed by atoms with Gasteiger partial charge in [-0.3, -0.25) is 0 Å². The van der Waals surface area contributed by atoms with Crippen LogP contribution in [0, 0.1) is 0 Å². The summed E-state index contributed by atoms with van der Waals surface area (Å²) in [6.07, 6.45) is 4.40. The molecular formula is C18H14N2O2S. The lowest BCUT2D eigenvalue weighted by Crippen LogP contribution is -1.87. The number of nitrogens with one attached hydrogen (secondary N) is 1. The number of benzene rings is 1. The molecular weight excluding hydrogens is 308 g/mol. The largest absolute Gasteiger partial charge is 0.508 e. The van der Waals surface area contributed by atoms with Gasteiger partial charge in [-0.1, -0.05) is 0 Å². The molecule has 4 aromatic rings. The number of aromatic hydroxyl groups is 2. The van der Waals surface area contributed by atoms with E-state index in [1.807, 2.05) is 17.8 Å². The molecule has 0 bridgehead atoms. The third kappa shape index (κ3) is 2.66. The summed E-state index contributed by atoms with van der Waals surface area (Å²) in [7, 11) is 0. The van der Waals surface area contributed by atoms with Gasteiger partial charge < -0.3 is 15.2 Å². The molecule has 0 unspecified atom stereocenters. The second kappa shape index (κ2) is 5.44. The minimum Gasteiger partial charge on any atom is -0.508 e. The summed E-state index contributed by atoms with van der Waals surface area (Å²) in [5.41, 5.74) is 5.01. The number of thiophene rings is 1. The number of phenols is 2. The van der Waals surface area contributed by atoms with E-state index in [9.17, 15) is 10.2 Å². The zero-order chi connectivity index (χ0) is 15.8. The fourth-order valence-corrected chi connectivity index (χ4v) is 3.43. The minimum absolute atomic E-state index is 0.0666. The summed E-state index contributed by atoms with van der Waals surface area (Å²) in [5, 5.41) is 24.5. The molecule has 0 saturated carbocycles. The average molecular weight is 322 g/mol. The van der Waals surface area contributed by atoms with Crippen LogP contribution in [0.5, 0.6) is 11.5 Å². The predicted molar refractivity (Wildman–Crippen MR) is 92.0 cm³/mol. The summed E-state index contributed by atoms with van der Waals surface area (Å²) in [6, 6.07) is 8.85. The van der Waals surface area contributed by atoms with Gasteiger partial charge in [-0.25, -0.2) is 4.98 Å². The maximum atomic E-state index is 9.63. The fraction of sp³-hybridized carbons (Fsp3) is 0.0556. The molecule has 0 aliphatic rings. The van der Waals surface area contributed by atoms with E-state index in [1.54, 1.807) is 23.5 Å². The normalized spacial score (nSPS) is 11.1. The number of aromatic nitrogens is 2. The van der Waals surface area contributed by atoms with Crippen molar-refractivity contribution >= 4 is 22.4 Å². The van der Waals surface area contributed by atoms with E-state index in [-0.39, 0.29) is 11.5 Å². The Morgan fingerprint density at radius 1 is 1.04 bits per heavy atom. The summed E-state index contributed by atoms with van der Waals surface area (Å²) in [5.74, 6) is 0.133. The molecule has 0 amide bonds. The van der Waals surface area contributed by atoms with Crippen molar-refractivity contribution in [1.29, 1.82) is 0 Å². The molecule has 23 heavy (non-hydrogen) atoms. The van der Waals surface area contributed by atoms with Crippen LogP contribution in [0.25, 0.3) is 22.2 Å². The molecule has 5 heteroatoms. The van der Waals surface area contributed by atoms with Crippen LogP contribution >= 0.6 is 11.3 Å². The number of rotatable bonds is 3. The lowest BCUT2D eigenvalue weighted by atomic mass is 10.0. The number of phenolic OH excluding ortho intramolecular Hbond substituents is 2. The van der Waals surface area contributed by atoms with Crippen LogP contribution in [-0.4, -0.2) is 20.2 Å². The molecule has 0 aliphatic carbocycles. The molecule has 0 atom stereocenters. The van der Waals surface area contributed by atoms with Gasteiger partial charge in [0.25, 0.3) is 0 Å². The Bertz CT molecular complexity index is 954. The SMILES string of the molecule is Oc1cc(O)cc(Cc2c[nH]c3ncc(-c4ccsc4)cc23)c1. The summed E-state index contributed by atoms with van der Waals surface area (Å²) >= 11 is 1.66. The standard InChI is InChI=1S/C18H14N2O2S/c21-15-4-11(5-16(22)7-15)3-14-9-20-18-17(14)6-13(8-19-18)12-1-2-23-10-12/h1-2,4-10,21-22H,3H2,(H,19,20). The summed E-state index contributed by atoms with van der Waals surface area (Å²) in [4.78, 5) is 7.66. The number of hydrogen-bond acceptors (Lipinski definition) is 4. The number of H-pyrrole nitrogens is 1. The number of nitrogens with zero attached hydrogens (tertiary/aromatic N) is 1. The second-order valence-corrected chi connectivity index (χ2v) is 6.26. The van der Waals surface area contributed by atoms with Gasteiger partial charge in [-0.15, -0.1) is 0 Å². The third-order valence-corrected chi connectivity index (χ3v) is 4.51. The molecule has 0 aliphatic heterocycles. The van der Waals surface area contributed by atoms with Crippen molar-refractivity contribution in [3.8, 4) is 22.6 Å². The molecule has 3 aromatic heterocycles. The van der Waals surface area contributed by atoms with E-state index in [2.05, 4.69) is 27.5 Å². The van der Waals surface area contributed by atoms with Gasteiger partial charge in [-0.2, -0.15) is 11.3 Å². The Kier molecular flexibility index (Phi) is 3.28. The molecule has 114 valence electrons. The lowest BCUT2D eigenvalue weighted by molar-refractivity contribution is 0.449. The lowest BCUT2D eigenvalue weighted by Gasteiger charge is -2.04. The van der Waals surface area contributed by atoms with E-state index in [1.165, 1.54) is 6.07 Å². The molecule has 4 rings (SSSR count). The zero-order valence-corrected chi connectivity index (χ0v) is 13.0. The molecule has 3 N–H and O–H groups in total. The number of hydrogen-bond donors (Lipinski definition) is 3. The highest BCUT2D eigenvalue weighted by Crippen LogP contribution is 2.28. The number of aromatic amines is 1. The first-order chi connectivity index (χ1) is 11.2. The molecule has 1 aromatic carbocycles. The van der Waals surface area contributed by atoms with Gasteiger partial charge in [-0.05, 0) is 58.1 Å². The van der Waals surface area contributed by atoms with Crippen LogP contribution in [0.1, 0.15) is 11.1 Å². The fourth-order valence-electron chi connectivity index (χ4n) is 2.77. The van der Waals surface area contributed by atoms with E-state index >= 15 is 0 Å². The van der Waals surface area contributed by atoms with Crippen molar-refractivity contribution < 1.29 is 10.2 Å². The van der Waals surface area contributed by atoms with Gasteiger partial charge in [0, 0.05) is 29.4 Å². The quantitative estimate of drug-likeness (QED) is 0.527. The van der Waals surface area contributed by atoms with E-state index in [0.29, 0.717) is 6.42 Å². The van der Waals surface area contributed by atoms with Crippen molar-refractivity contribution in [3.63, 3.8) is 0 Å². The van der Waals surface area contributed by atoms with Gasteiger partial charge in [0.2, 0.25) is 0 Å². The molecule has 0 radical (unpaired) electrons. The van der Waals surface area contributed by atoms with Crippen LogP contribution < -0.4 is 0 Å². The van der Waals surface area contributed by atoms with Crippen molar-refractivity contribution in [1.82, 2.24) is 9.97 Å². The minimum atomic E-state index is 0.0666. The third-order valence-electron chi connectivity index (χ3n) is 3.83. The molecule has 4 nitrogen and oxygen atoms in total. The van der Waals surface area contributed by atoms with Crippen molar-refractivity contribution in [2.75, 3.05) is 0 Å². The monoisotopic (exact) mass is 322 g/mol. The Morgan fingerprint density at radius 3 is 2.61 bits per heavy atom. The van der Waals surface area contributed by atoms with Gasteiger partial charge in [0.1, 0.15) is 17.1 Å². The first-order valence-electron chi connectivity index (χ1n) is 7.19. The Balaban J connectivity index is 1.76. The van der Waals surface area contributed by atoms with Crippen LogP contribution in [0.3, 0.4) is 0 Å². The Labute approximate surface area is 136 Å². The predicted octanol–water partition coefficient (Wildman–Crippen LogP) is 4.29. The maximum Gasteiger partial charge on any atom is 0.137 e. The van der Waals surface area contributed by atoms with E-state index in [0.717, 1.165) is 33.3 Å². The van der Waals surface area contributed by atoms with Crippen molar-refractivity contribution in [2.45, 2.75) is 6.42 Å². The van der Waals surface area contributed by atoms with Crippen molar-refractivity contribution in [3.05, 3.63) is 64.6 Å². The van der Waals surface area contributed by atoms with Gasteiger partial charge >= 0.3 is 0 Å². The maximum absolute atomic E-state index is 9.63. The van der Waals surface area contributed by atoms with Crippen LogP contribution in [0.4, 0.5) is 0 Å². The smallest absolute Gasteiger partial charge is 0.137 e. The highest BCUT2D eigenvalue weighted by Gasteiger charge is 2.09. The van der Waals surface area contributed by atoms with E-state index < -0.39 is 0 Å². The molecule has 0 fully saturated rings. The molecule has 3 heterocycles. The summed E-state index contributed by atoms with van der Waals surface area (Å²) in [6.45, 7) is 0. The second-order valence-electron chi connectivity index (χ2n) is 5.48.